The van der Waals surface area contributed by atoms with E-state index in [2.05, 4.69) is 10.1 Å². The molecule has 8 nitrogen and oxygen atoms in total. The third-order valence-corrected chi connectivity index (χ3v) is 6.09. The number of carbonyl (C=O) groups excluding carboxylic acids is 1. The van der Waals surface area contributed by atoms with Gasteiger partial charge in [0, 0.05) is 32.2 Å². The van der Waals surface area contributed by atoms with Gasteiger partial charge in [-0.3, -0.25) is 9.69 Å². The molecule has 3 rings (SSSR count). The van der Waals surface area contributed by atoms with Gasteiger partial charge in [0.25, 0.3) is 5.91 Å². The number of nitrogens with zero attached hydrogens (tertiary/aromatic N) is 3. The summed E-state index contributed by atoms with van der Waals surface area (Å²) in [5, 5.41) is 3.84. The SMILES string of the molecule is CN(C(=O)c1cc(CN2CCOCC2)on1)[C@H]1CCS(=O)(=O)C1. The van der Waals surface area contributed by atoms with Gasteiger partial charge in [-0.15, -0.1) is 0 Å². The standard InChI is InChI=1S/C14H21N3O5S/c1-16(11-2-7-23(19,20)10-11)14(18)13-8-12(22-15-13)9-17-3-5-21-6-4-17/h8,11H,2-7,9-10H2,1H3/t11-/m0/s1. The third kappa shape index (κ3) is 3.91. The molecule has 2 aliphatic heterocycles. The fourth-order valence-electron chi connectivity index (χ4n) is 2.90. The molecule has 0 spiro atoms. The van der Waals surface area contributed by atoms with Crippen LogP contribution in [0.1, 0.15) is 22.7 Å². The zero-order valence-corrected chi connectivity index (χ0v) is 13.9. The maximum atomic E-state index is 12.4. The molecule has 3 heterocycles. The first-order valence-corrected chi connectivity index (χ1v) is 9.50. The van der Waals surface area contributed by atoms with Gasteiger partial charge < -0.3 is 14.2 Å². The Balaban J connectivity index is 1.61. The summed E-state index contributed by atoms with van der Waals surface area (Å²) in [5.41, 5.74) is 0.222. The van der Waals surface area contributed by atoms with E-state index in [1.807, 2.05) is 0 Å². The minimum absolute atomic E-state index is 0.0216. The molecule has 23 heavy (non-hydrogen) atoms. The molecule has 128 valence electrons. The van der Waals surface area contributed by atoms with Gasteiger partial charge in [-0.05, 0) is 6.42 Å². The van der Waals surface area contributed by atoms with E-state index >= 15 is 0 Å². The lowest BCUT2D eigenvalue weighted by atomic mass is 10.2. The van der Waals surface area contributed by atoms with Crippen LogP contribution in [0.15, 0.2) is 10.6 Å². The Morgan fingerprint density at radius 2 is 2.17 bits per heavy atom. The van der Waals surface area contributed by atoms with Crippen molar-refractivity contribution in [2.24, 2.45) is 0 Å². The first-order valence-electron chi connectivity index (χ1n) is 7.68. The molecule has 0 bridgehead atoms. The van der Waals surface area contributed by atoms with Gasteiger partial charge in [0.05, 0.1) is 31.3 Å². The summed E-state index contributed by atoms with van der Waals surface area (Å²) in [6, 6.07) is 1.35. The zero-order chi connectivity index (χ0) is 16.4. The Hall–Kier alpha value is -1.45. The molecule has 1 atom stereocenters. The molecule has 0 N–H and O–H groups in total. The fraction of sp³-hybridized carbons (Fsp3) is 0.714. The summed E-state index contributed by atoms with van der Waals surface area (Å²) in [6.45, 7) is 3.62. The third-order valence-electron chi connectivity index (χ3n) is 4.34. The van der Waals surface area contributed by atoms with E-state index in [0.717, 1.165) is 13.1 Å². The Morgan fingerprint density at radius 3 is 2.83 bits per heavy atom. The molecule has 0 aliphatic carbocycles. The number of aromatic nitrogens is 1. The molecule has 0 unspecified atom stereocenters. The van der Waals surface area contributed by atoms with Crippen molar-refractivity contribution in [3.8, 4) is 0 Å². The molecule has 2 aliphatic rings. The van der Waals surface area contributed by atoms with Crippen LogP contribution < -0.4 is 0 Å². The van der Waals surface area contributed by atoms with Gasteiger partial charge in [-0.1, -0.05) is 5.16 Å². The highest BCUT2D eigenvalue weighted by molar-refractivity contribution is 7.91. The number of hydrogen-bond acceptors (Lipinski definition) is 7. The number of sulfone groups is 1. The van der Waals surface area contributed by atoms with Crippen molar-refractivity contribution in [3.05, 3.63) is 17.5 Å². The van der Waals surface area contributed by atoms with Crippen molar-refractivity contribution in [1.82, 2.24) is 15.0 Å². The second-order valence-corrected chi connectivity index (χ2v) is 8.27. The van der Waals surface area contributed by atoms with Crippen LogP contribution in [0.2, 0.25) is 0 Å². The highest BCUT2D eigenvalue weighted by Gasteiger charge is 2.34. The molecule has 1 aromatic heterocycles. The Labute approximate surface area is 135 Å². The van der Waals surface area contributed by atoms with Crippen LogP contribution in [-0.2, 0) is 21.1 Å². The molecule has 2 fully saturated rings. The molecule has 0 saturated carbocycles. The van der Waals surface area contributed by atoms with Crippen molar-refractivity contribution in [2.75, 3.05) is 44.9 Å². The van der Waals surface area contributed by atoms with Crippen LogP contribution in [0.4, 0.5) is 0 Å². The first-order chi connectivity index (χ1) is 10.9. The van der Waals surface area contributed by atoms with E-state index in [4.69, 9.17) is 9.26 Å². The highest BCUT2D eigenvalue weighted by Crippen LogP contribution is 2.19. The largest absolute Gasteiger partial charge is 0.379 e. The maximum Gasteiger partial charge on any atom is 0.276 e. The number of amides is 1. The summed E-state index contributed by atoms with van der Waals surface area (Å²) in [6.07, 6.45) is 0.475. The van der Waals surface area contributed by atoms with Crippen LogP contribution in [0.5, 0.6) is 0 Å². The second kappa shape index (κ2) is 6.58. The van der Waals surface area contributed by atoms with Gasteiger partial charge in [0.2, 0.25) is 0 Å². The van der Waals surface area contributed by atoms with E-state index < -0.39 is 9.84 Å². The summed E-state index contributed by atoms with van der Waals surface area (Å²) in [4.78, 5) is 16.1. The number of rotatable bonds is 4. The predicted molar refractivity (Wildman–Crippen MR) is 81.8 cm³/mol. The highest BCUT2D eigenvalue weighted by atomic mass is 32.2. The monoisotopic (exact) mass is 343 g/mol. The Morgan fingerprint density at radius 1 is 1.43 bits per heavy atom. The lowest BCUT2D eigenvalue weighted by Crippen LogP contribution is -2.38. The molecular weight excluding hydrogens is 322 g/mol. The Bertz CT molecular complexity index is 666. The smallest absolute Gasteiger partial charge is 0.276 e. The van der Waals surface area contributed by atoms with Gasteiger partial charge in [-0.25, -0.2) is 8.42 Å². The number of ether oxygens (including phenoxy) is 1. The van der Waals surface area contributed by atoms with Crippen LogP contribution in [0.3, 0.4) is 0 Å². The van der Waals surface area contributed by atoms with Gasteiger partial charge in [0.1, 0.15) is 0 Å². The van der Waals surface area contributed by atoms with E-state index in [9.17, 15) is 13.2 Å². The van der Waals surface area contributed by atoms with Crippen LogP contribution in [-0.4, -0.2) is 80.2 Å². The first kappa shape index (κ1) is 16.4. The number of morpholine rings is 1. The minimum atomic E-state index is -3.03. The molecule has 1 aromatic rings. The van der Waals surface area contributed by atoms with Gasteiger partial charge >= 0.3 is 0 Å². The maximum absolute atomic E-state index is 12.4. The van der Waals surface area contributed by atoms with Crippen molar-refractivity contribution in [3.63, 3.8) is 0 Å². The van der Waals surface area contributed by atoms with Crippen molar-refractivity contribution < 1.29 is 22.5 Å². The molecule has 0 radical (unpaired) electrons. The Kier molecular flexibility index (Phi) is 4.69. The van der Waals surface area contributed by atoms with E-state index in [1.54, 1.807) is 13.1 Å². The molecular formula is C14H21N3O5S. The lowest BCUT2D eigenvalue weighted by Gasteiger charge is -2.25. The normalized spacial score (nSPS) is 24.7. The summed E-state index contributed by atoms with van der Waals surface area (Å²) >= 11 is 0. The van der Waals surface area contributed by atoms with E-state index in [1.165, 1.54) is 4.90 Å². The molecule has 2 saturated heterocycles. The average molecular weight is 343 g/mol. The second-order valence-electron chi connectivity index (χ2n) is 6.04. The van der Waals surface area contributed by atoms with Gasteiger partial charge in [0.15, 0.2) is 21.3 Å². The number of hydrogen-bond donors (Lipinski definition) is 0. The average Bonchev–Trinajstić information content (AvgIpc) is 3.13. The van der Waals surface area contributed by atoms with Crippen molar-refractivity contribution in [2.45, 2.75) is 19.0 Å². The summed E-state index contributed by atoms with van der Waals surface area (Å²) < 4.78 is 33.6. The van der Waals surface area contributed by atoms with E-state index in [-0.39, 0.29) is 29.1 Å². The summed E-state index contributed by atoms with van der Waals surface area (Å²) in [5.74, 6) is 0.483. The molecule has 9 heteroatoms. The predicted octanol–water partition coefficient (Wildman–Crippen LogP) is -0.234. The lowest BCUT2D eigenvalue weighted by molar-refractivity contribution is 0.0305. The van der Waals surface area contributed by atoms with Crippen molar-refractivity contribution in [1.29, 1.82) is 0 Å². The molecule has 1 amide bonds. The van der Waals surface area contributed by atoms with Crippen LogP contribution >= 0.6 is 0 Å². The summed E-state index contributed by atoms with van der Waals surface area (Å²) in [7, 11) is -1.41. The zero-order valence-electron chi connectivity index (χ0n) is 13.1. The van der Waals surface area contributed by atoms with Gasteiger partial charge in [-0.2, -0.15) is 0 Å². The van der Waals surface area contributed by atoms with Crippen LogP contribution in [0.25, 0.3) is 0 Å². The molecule has 0 aromatic carbocycles. The fourth-order valence-corrected chi connectivity index (χ4v) is 4.67. The minimum Gasteiger partial charge on any atom is -0.379 e. The van der Waals surface area contributed by atoms with Crippen molar-refractivity contribution >= 4 is 15.7 Å². The van der Waals surface area contributed by atoms with Crippen LogP contribution in [0, 0.1) is 0 Å². The topological polar surface area (TPSA) is 92.9 Å². The van der Waals surface area contributed by atoms with E-state index in [0.29, 0.717) is 31.9 Å². The quantitative estimate of drug-likeness (QED) is 0.745. The number of carbonyl (C=O) groups is 1.